The quantitative estimate of drug-likeness (QED) is 0.516. The summed E-state index contributed by atoms with van der Waals surface area (Å²) in [6.07, 6.45) is 12.6. The maximum absolute atomic E-state index is 2.99. The van der Waals surface area contributed by atoms with E-state index in [9.17, 15) is 0 Å². The molecule has 1 aliphatic carbocycles. The average molecular weight is 302 g/mol. The Morgan fingerprint density at radius 3 is 2.00 bits per heavy atom. The fourth-order valence-corrected chi connectivity index (χ4v) is 0.340. The fourth-order valence-electron chi connectivity index (χ4n) is 0.340. The summed E-state index contributed by atoms with van der Waals surface area (Å²) in [6.45, 7) is 4.36. The van der Waals surface area contributed by atoms with Crippen LogP contribution in [-0.2, 0) is 25.8 Å². The molecule has 0 aliphatic heterocycles. The molecule has 0 nitrogen and oxygen atoms in total. The molecule has 1 aliphatic rings. The first kappa shape index (κ1) is 13.0. The molecule has 0 amide bonds. The first-order valence-corrected chi connectivity index (χ1v) is 3.63. The van der Waals surface area contributed by atoms with Gasteiger partial charge in [-0.2, -0.15) is 6.08 Å². The molecular formula is C9H15Hf-. The van der Waals surface area contributed by atoms with Crippen molar-refractivity contribution in [1.29, 1.82) is 0 Å². The summed E-state index contributed by atoms with van der Waals surface area (Å²) in [5.41, 5.74) is 0. The second kappa shape index (κ2) is 12.1. The predicted molar refractivity (Wildman–Crippen MR) is 42.2 cm³/mol. The molecule has 56 valence electrons. The van der Waals surface area contributed by atoms with Crippen LogP contribution < -0.4 is 0 Å². The maximum Gasteiger partial charge on any atom is 0 e. The van der Waals surface area contributed by atoms with Gasteiger partial charge in [-0.15, -0.1) is 6.42 Å². The number of hydrogen-bond acceptors (Lipinski definition) is 0. The summed E-state index contributed by atoms with van der Waals surface area (Å²) < 4.78 is 0. The third kappa shape index (κ3) is 11.2. The number of hydrogen-bond donors (Lipinski definition) is 0. The van der Waals surface area contributed by atoms with Crippen LogP contribution in [0.15, 0.2) is 18.2 Å². The van der Waals surface area contributed by atoms with Crippen molar-refractivity contribution in [2.75, 3.05) is 0 Å². The molecule has 10 heavy (non-hydrogen) atoms. The molecule has 0 aromatic rings. The molecule has 0 heterocycles. The minimum Gasteiger partial charge on any atom is -0.273 e. The Morgan fingerprint density at radius 2 is 1.90 bits per heavy atom. The maximum atomic E-state index is 2.99. The number of allylic oxidation sites excluding steroid dienone is 4. The normalized spacial score (nSPS) is 11.8. The summed E-state index contributed by atoms with van der Waals surface area (Å²) in [4.78, 5) is 0. The van der Waals surface area contributed by atoms with E-state index in [-0.39, 0.29) is 25.8 Å². The summed E-state index contributed by atoms with van der Waals surface area (Å²) >= 11 is 0. The van der Waals surface area contributed by atoms with Gasteiger partial charge in [-0.05, 0) is 0 Å². The van der Waals surface area contributed by atoms with Crippen LogP contribution in [0.25, 0.3) is 0 Å². The monoisotopic (exact) mass is 303 g/mol. The van der Waals surface area contributed by atoms with Crippen molar-refractivity contribution in [2.45, 2.75) is 33.1 Å². The molecule has 0 unspecified atom stereocenters. The third-order valence-electron chi connectivity index (χ3n) is 1.09. The fraction of sp³-hybridized carbons (Fsp3) is 0.556. The standard InChI is InChI=1S/C5H5.C4H10.Hf/c1-2-4-5-3-1;1-3-4-2;/h1-3H,4H2;3-4H2,1-2H3;/q-1;;. The van der Waals surface area contributed by atoms with E-state index in [0.717, 1.165) is 6.42 Å². The van der Waals surface area contributed by atoms with E-state index in [2.05, 4.69) is 26.0 Å². The largest absolute Gasteiger partial charge is 0.273 e. The smallest absolute Gasteiger partial charge is 0 e. The molecule has 0 N–H and O–H groups in total. The Labute approximate surface area is 83.2 Å². The van der Waals surface area contributed by atoms with E-state index in [4.69, 9.17) is 0 Å². The van der Waals surface area contributed by atoms with E-state index >= 15 is 0 Å². The van der Waals surface area contributed by atoms with Gasteiger partial charge in [0.2, 0.25) is 0 Å². The Kier molecular flexibility index (Phi) is 15.7. The van der Waals surface area contributed by atoms with Gasteiger partial charge in [-0.3, -0.25) is 6.08 Å². The zero-order valence-electron chi connectivity index (χ0n) is 6.85. The Morgan fingerprint density at radius 1 is 1.30 bits per heavy atom. The van der Waals surface area contributed by atoms with Crippen LogP contribution in [0.1, 0.15) is 33.1 Å². The van der Waals surface area contributed by atoms with E-state index < -0.39 is 0 Å². The van der Waals surface area contributed by atoms with Crippen LogP contribution in [0.2, 0.25) is 0 Å². The molecule has 0 saturated heterocycles. The summed E-state index contributed by atoms with van der Waals surface area (Å²) in [5, 5.41) is 0. The van der Waals surface area contributed by atoms with Gasteiger partial charge in [0.1, 0.15) is 0 Å². The first-order chi connectivity index (χ1) is 4.41. The van der Waals surface area contributed by atoms with E-state index in [1.54, 1.807) is 0 Å². The topological polar surface area (TPSA) is 0 Å². The number of rotatable bonds is 1. The van der Waals surface area contributed by atoms with Crippen LogP contribution >= 0.6 is 0 Å². The summed E-state index contributed by atoms with van der Waals surface area (Å²) in [6, 6.07) is 0. The zero-order valence-corrected chi connectivity index (χ0v) is 10.4. The summed E-state index contributed by atoms with van der Waals surface area (Å²) in [7, 11) is 0. The van der Waals surface area contributed by atoms with Gasteiger partial charge in [0.05, 0.1) is 0 Å². The molecule has 0 atom stereocenters. The van der Waals surface area contributed by atoms with Gasteiger partial charge < -0.3 is 0 Å². The molecule has 0 bridgehead atoms. The van der Waals surface area contributed by atoms with Crippen molar-refractivity contribution in [1.82, 2.24) is 0 Å². The van der Waals surface area contributed by atoms with Crippen LogP contribution in [0.4, 0.5) is 0 Å². The van der Waals surface area contributed by atoms with Crippen molar-refractivity contribution in [3.8, 4) is 0 Å². The molecular weight excluding hydrogens is 287 g/mol. The summed E-state index contributed by atoms with van der Waals surface area (Å²) in [5.74, 6) is 0. The second-order valence-corrected chi connectivity index (χ2v) is 2.00. The molecule has 0 saturated carbocycles. The Bertz CT molecular complexity index is 80.9. The molecule has 0 fully saturated rings. The molecule has 0 aromatic carbocycles. The van der Waals surface area contributed by atoms with E-state index in [0.29, 0.717) is 0 Å². The van der Waals surface area contributed by atoms with Gasteiger partial charge in [-0.1, -0.05) is 26.7 Å². The molecule has 0 aromatic heterocycles. The Hall–Kier alpha value is 0.350. The average Bonchev–Trinajstić information content (AvgIpc) is 2.43. The van der Waals surface area contributed by atoms with Gasteiger partial charge in [0.15, 0.2) is 0 Å². The zero-order chi connectivity index (χ0) is 6.95. The predicted octanol–water partition coefficient (Wildman–Crippen LogP) is 3.11. The van der Waals surface area contributed by atoms with Crippen LogP contribution in [0.3, 0.4) is 0 Å². The van der Waals surface area contributed by atoms with Gasteiger partial charge >= 0.3 is 0 Å². The number of unbranched alkanes of at least 4 members (excludes halogenated alkanes) is 1. The molecule has 0 spiro atoms. The second-order valence-electron chi connectivity index (χ2n) is 2.00. The minimum absolute atomic E-state index is 0. The van der Waals surface area contributed by atoms with Crippen LogP contribution in [-0.4, -0.2) is 0 Å². The van der Waals surface area contributed by atoms with Gasteiger partial charge in [0.25, 0.3) is 0 Å². The van der Waals surface area contributed by atoms with Gasteiger partial charge in [0, 0.05) is 25.8 Å². The van der Waals surface area contributed by atoms with Crippen molar-refractivity contribution in [3.05, 3.63) is 24.3 Å². The van der Waals surface area contributed by atoms with Crippen LogP contribution in [0.5, 0.6) is 0 Å². The molecule has 0 radical (unpaired) electrons. The minimum atomic E-state index is 0. The van der Waals surface area contributed by atoms with E-state index in [1.165, 1.54) is 12.8 Å². The first-order valence-electron chi connectivity index (χ1n) is 3.63. The van der Waals surface area contributed by atoms with Gasteiger partial charge in [-0.25, -0.2) is 12.2 Å². The Balaban J connectivity index is 0. The third-order valence-corrected chi connectivity index (χ3v) is 1.09. The van der Waals surface area contributed by atoms with Crippen molar-refractivity contribution < 1.29 is 25.8 Å². The SMILES string of the molecule is CCCC.[C-]1=CC=CC1.[Hf]. The van der Waals surface area contributed by atoms with Crippen molar-refractivity contribution >= 4 is 0 Å². The van der Waals surface area contributed by atoms with Crippen molar-refractivity contribution in [2.24, 2.45) is 0 Å². The molecule has 1 heteroatoms. The molecule has 1 rings (SSSR count). The van der Waals surface area contributed by atoms with Crippen molar-refractivity contribution in [3.63, 3.8) is 0 Å². The van der Waals surface area contributed by atoms with E-state index in [1.807, 2.05) is 12.2 Å². The van der Waals surface area contributed by atoms with Crippen LogP contribution in [0, 0.1) is 6.08 Å².